The Bertz CT molecular complexity index is 188. The Morgan fingerprint density at radius 3 is 2.38 bits per heavy atom. The minimum Gasteiger partial charge on any atom is -0.450 e. The van der Waals surface area contributed by atoms with Crippen LogP contribution in [0.15, 0.2) is 0 Å². The van der Waals surface area contributed by atoms with Crippen molar-refractivity contribution in [2.24, 2.45) is 0 Å². The summed E-state index contributed by atoms with van der Waals surface area (Å²) in [6.07, 6.45) is 1.52. The van der Waals surface area contributed by atoms with Crippen LogP contribution < -0.4 is 5.32 Å². The third-order valence-electron chi connectivity index (χ3n) is 2.43. The van der Waals surface area contributed by atoms with E-state index in [0.29, 0.717) is 18.7 Å². The van der Waals surface area contributed by atoms with Crippen LogP contribution in [0.5, 0.6) is 0 Å². The van der Waals surface area contributed by atoms with Crippen LogP contribution in [0.4, 0.5) is 4.79 Å². The first kappa shape index (κ1) is 15.4. The molecule has 0 spiro atoms. The summed E-state index contributed by atoms with van der Waals surface area (Å²) in [6, 6.07) is 0. The number of rotatable bonds is 8. The Balaban J connectivity index is 3.82. The summed E-state index contributed by atoms with van der Waals surface area (Å²) >= 11 is 0. The maximum absolute atomic E-state index is 11.0. The van der Waals surface area contributed by atoms with Crippen molar-refractivity contribution < 1.29 is 18.4 Å². The van der Waals surface area contributed by atoms with Gasteiger partial charge in [0, 0.05) is 26.3 Å². The third kappa shape index (κ3) is 6.09. The first-order valence-corrected chi connectivity index (χ1v) is 7.26. The molecule has 0 aliphatic heterocycles. The van der Waals surface area contributed by atoms with Gasteiger partial charge in [-0.05, 0) is 13.3 Å². The number of amides is 1. The quantitative estimate of drug-likeness (QED) is 0.661. The lowest BCUT2D eigenvalue weighted by molar-refractivity contribution is 0.152. The molecule has 0 aliphatic carbocycles. The van der Waals surface area contributed by atoms with E-state index < -0.39 is 9.28 Å². The number of carbonyl (C=O) groups is 1. The number of ether oxygens (including phenoxy) is 1. The van der Waals surface area contributed by atoms with Gasteiger partial charge in [0.25, 0.3) is 0 Å². The second-order valence-corrected chi connectivity index (χ2v) is 6.07. The lowest BCUT2D eigenvalue weighted by Gasteiger charge is -2.21. The van der Waals surface area contributed by atoms with E-state index in [1.54, 1.807) is 21.1 Å². The van der Waals surface area contributed by atoms with Crippen molar-refractivity contribution in [2.45, 2.75) is 32.2 Å². The van der Waals surface area contributed by atoms with Crippen LogP contribution in [0.1, 0.15) is 26.7 Å². The number of hydrogen-bond donors (Lipinski definition) is 1. The molecule has 0 aromatic carbocycles. The Hall–Kier alpha value is -0.593. The predicted octanol–water partition coefficient (Wildman–Crippen LogP) is 1.42. The van der Waals surface area contributed by atoms with Crippen molar-refractivity contribution >= 4 is 15.4 Å². The molecular weight excluding hydrogens is 226 g/mol. The van der Waals surface area contributed by atoms with Gasteiger partial charge in [-0.2, -0.15) is 0 Å². The molecule has 1 N–H and O–H groups in total. The summed E-state index contributed by atoms with van der Waals surface area (Å²) in [6.45, 7) is 4.89. The highest BCUT2D eigenvalue weighted by Crippen LogP contribution is 2.19. The van der Waals surface area contributed by atoms with Gasteiger partial charge in [-0.25, -0.2) is 4.79 Å². The largest absolute Gasteiger partial charge is 0.450 e. The number of carbonyl (C=O) groups excluding carboxylic acids is 1. The average molecular weight is 249 g/mol. The van der Waals surface area contributed by atoms with Gasteiger partial charge in [0.2, 0.25) is 0 Å². The highest BCUT2D eigenvalue weighted by Gasteiger charge is 2.22. The molecule has 1 amide bonds. The minimum atomic E-state index is -1.58. The van der Waals surface area contributed by atoms with Crippen molar-refractivity contribution in [3.8, 4) is 0 Å². The Morgan fingerprint density at radius 2 is 1.94 bits per heavy atom. The second-order valence-electron chi connectivity index (χ2n) is 3.44. The molecule has 1 unspecified atom stereocenters. The molecule has 0 aromatic rings. The summed E-state index contributed by atoms with van der Waals surface area (Å²) in [5, 5.41) is 2.70. The van der Waals surface area contributed by atoms with E-state index >= 15 is 0 Å². The number of nitrogens with one attached hydrogen (secondary N) is 1. The van der Waals surface area contributed by atoms with E-state index in [9.17, 15) is 4.79 Å². The molecule has 16 heavy (non-hydrogen) atoms. The Kier molecular flexibility index (Phi) is 9.26. The van der Waals surface area contributed by atoms with Gasteiger partial charge >= 0.3 is 15.4 Å². The van der Waals surface area contributed by atoms with E-state index in [1.807, 2.05) is 0 Å². The number of hydrogen-bond acceptors (Lipinski definition) is 4. The Morgan fingerprint density at radius 1 is 1.31 bits per heavy atom. The lowest BCUT2D eigenvalue weighted by atomic mass is 10.2. The average Bonchev–Trinajstić information content (AvgIpc) is 2.28. The van der Waals surface area contributed by atoms with Crippen LogP contribution >= 0.6 is 0 Å². The van der Waals surface area contributed by atoms with Crippen molar-refractivity contribution in [3.63, 3.8) is 0 Å². The molecule has 0 aromatic heterocycles. The smallest absolute Gasteiger partial charge is 0.407 e. The molecule has 0 heterocycles. The summed E-state index contributed by atoms with van der Waals surface area (Å²) < 4.78 is 15.4. The van der Waals surface area contributed by atoms with Gasteiger partial charge in [0.15, 0.2) is 0 Å². The van der Waals surface area contributed by atoms with E-state index in [4.69, 9.17) is 13.6 Å². The fourth-order valence-electron chi connectivity index (χ4n) is 1.56. The van der Waals surface area contributed by atoms with E-state index in [-0.39, 0.29) is 6.09 Å². The minimum absolute atomic E-state index is 0.356. The maximum Gasteiger partial charge on any atom is 0.407 e. The molecule has 0 radical (unpaired) electrons. The molecular formula is C10H23NO4Si. The van der Waals surface area contributed by atoms with E-state index in [1.165, 1.54) is 0 Å². The summed E-state index contributed by atoms with van der Waals surface area (Å²) in [7, 11) is 1.79. The molecule has 5 nitrogen and oxygen atoms in total. The van der Waals surface area contributed by atoms with Crippen molar-refractivity contribution in [1.29, 1.82) is 0 Å². The molecule has 0 aliphatic rings. The molecule has 0 bridgehead atoms. The highest BCUT2D eigenvalue weighted by molar-refractivity contribution is 6.46. The second kappa shape index (κ2) is 9.62. The van der Waals surface area contributed by atoms with Crippen LogP contribution in [0, 0.1) is 0 Å². The van der Waals surface area contributed by atoms with Gasteiger partial charge < -0.3 is 18.9 Å². The molecule has 0 rings (SSSR count). The van der Waals surface area contributed by atoms with Crippen LogP contribution in [-0.2, 0) is 13.6 Å². The predicted molar refractivity (Wildman–Crippen MR) is 64.8 cm³/mol. The zero-order valence-corrected chi connectivity index (χ0v) is 11.8. The van der Waals surface area contributed by atoms with Crippen molar-refractivity contribution in [2.75, 3.05) is 27.4 Å². The van der Waals surface area contributed by atoms with Gasteiger partial charge in [0.05, 0.1) is 6.61 Å². The molecule has 0 fully saturated rings. The fraction of sp³-hybridized carbons (Fsp3) is 0.900. The fourth-order valence-corrected chi connectivity index (χ4v) is 3.34. The Labute approximate surface area is 99.3 Å². The maximum atomic E-state index is 11.0. The summed E-state index contributed by atoms with van der Waals surface area (Å²) in [5.74, 6) is 0. The van der Waals surface area contributed by atoms with Crippen LogP contribution in [-0.4, -0.2) is 42.7 Å². The van der Waals surface area contributed by atoms with Gasteiger partial charge in [-0.15, -0.1) is 0 Å². The van der Waals surface area contributed by atoms with Gasteiger partial charge in [0.1, 0.15) is 0 Å². The zero-order valence-electron chi connectivity index (χ0n) is 10.6. The molecule has 96 valence electrons. The van der Waals surface area contributed by atoms with Crippen LogP contribution in [0.25, 0.3) is 0 Å². The van der Waals surface area contributed by atoms with Crippen molar-refractivity contribution in [1.82, 2.24) is 5.32 Å². The van der Waals surface area contributed by atoms with Gasteiger partial charge in [-0.3, -0.25) is 0 Å². The SMILES string of the molecule is CCOC(=O)NCCC(CC)[SiH](OC)OC. The van der Waals surface area contributed by atoms with E-state index in [2.05, 4.69) is 12.2 Å². The third-order valence-corrected chi connectivity index (χ3v) is 4.94. The standard InChI is InChI=1S/C10H23NO4Si/c1-5-9(16(13-3)14-4)7-8-11-10(12)15-6-2/h9,16H,5-8H2,1-4H3,(H,11,12). The van der Waals surface area contributed by atoms with Crippen LogP contribution in [0.3, 0.4) is 0 Å². The first-order valence-electron chi connectivity index (χ1n) is 5.65. The monoisotopic (exact) mass is 249 g/mol. The topological polar surface area (TPSA) is 56.8 Å². The first-order chi connectivity index (χ1) is 7.69. The van der Waals surface area contributed by atoms with Crippen molar-refractivity contribution in [3.05, 3.63) is 0 Å². The number of alkyl carbamates (subject to hydrolysis) is 1. The molecule has 6 heteroatoms. The normalized spacial score (nSPS) is 12.6. The molecule has 1 atom stereocenters. The van der Waals surface area contributed by atoms with E-state index in [0.717, 1.165) is 12.8 Å². The molecule has 0 saturated heterocycles. The zero-order chi connectivity index (χ0) is 12.4. The molecule has 0 saturated carbocycles. The highest BCUT2D eigenvalue weighted by atomic mass is 28.3. The summed E-state index contributed by atoms with van der Waals surface area (Å²) in [4.78, 5) is 11.0. The van der Waals surface area contributed by atoms with Gasteiger partial charge in [-0.1, -0.05) is 13.3 Å². The lowest BCUT2D eigenvalue weighted by Crippen LogP contribution is -2.31. The van der Waals surface area contributed by atoms with Crippen LogP contribution in [0.2, 0.25) is 5.54 Å². The summed E-state index contributed by atoms with van der Waals surface area (Å²) in [5.41, 5.74) is 0.414.